The van der Waals surface area contributed by atoms with E-state index in [2.05, 4.69) is 25.9 Å². The van der Waals surface area contributed by atoms with Crippen LogP contribution in [0.15, 0.2) is 29.1 Å². The molecule has 3 N–H and O–H groups in total. The van der Waals surface area contributed by atoms with Crippen molar-refractivity contribution in [1.82, 2.24) is 9.78 Å². The predicted octanol–water partition coefficient (Wildman–Crippen LogP) is 2.62. The Kier molecular flexibility index (Phi) is 4.06. The minimum atomic E-state index is -0.145. The summed E-state index contributed by atoms with van der Waals surface area (Å²) >= 11 is 6.00. The lowest BCUT2D eigenvalue weighted by Crippen LogP contribution is -2.21. The van der Waals surface area contributed by atoms with Gasteiger partial charge in [0.05, 0.1) is 5.69 Å². The summed E-state index contributed by atoms with van der Waals surface area (Å²) in [7, 11) is 0. The summed E-state index contributed by atoms with van der Waals surface area (Å²) in [4.78, 5) is 12.6. The third kappa shape index (κ3) is 2.81. The van der Waals surface area contributed by atoms with E-state index < -0.39 is 0 Å². The molecule has 108 valence electrons. The molecule has 1 aromatic heterocycles. The van der Waals surface area contributed by atoms with E-state index in [0.717, 1.165) is 16.9 Å². The Balaban J connectivity index is 2.64. The summed E-state index contributed by atoms with van der Waals surface area (Å²) in [5.74, 6) is 0. The zero-order valence-electron chi connectivity index (χ0n) is 12.0. The van der Waals surface area contributed by atoms with Crippen LogP contribution >= 0.6 is 11.6 Å². The number of aromatic nitrogens is 2. The number of hydrogen-bond donors (Lipinski definition) is 2. The van der Waals surface area contributed by atoms with Crippen LogP contribution in [-0.4, -0.2) is 16.3 Å². The van der Waals surface area contributed by atoms with Crippen molar-refractivity contribution in [1.29, 1.82) is 0 Å². The van der Waals surface area contributed by atoms with Gasteiger partial charge in [0.1, 0.15) is 0 Å². The van der Waals surface area contributed by atoms with Gasteiger partial charge in [-0.3, -0.25) is 9.89 Å². The molecular formula is C15H20ClN3O. The van der Waals surface area contributed by atoms with E-state index >= 15 is 0 Å². The molecule has 0 amide bonds. The van der Waals surface area contributed by atoms with E-state index in [1.165, 1.54) is 4.68 Å². The summed E-state index contributed by atoms with van der Waals surface area (Å²) in [6, 6.07) is 7.22. The van der Waals surface area contributed by atoms with Gasteiger partial charge in [-0.15, -0.1) is 0 Å². The Bertz CT molecular complexity index is 664. The topological polar surface area (TPSA) is 63.8 Å². The van der Waals surface area contributed by atoms with Crippen molar-refractivity contribution in [3.8, 4) is 5.69 Å². The maximum absolute atomic E-state index is 12.6. The molecule has 0 aliphatic heterocycles. The lowest BCUT2D eigenvalue weighted by atomic mass is 9.89. The van der Waals surface area contributed by atoms with Gasteiger partial charge in [-0.05, 0) is 31.2 Å². The predicted molar refractivity (Wildman–Crippen MR) is 82.9 cm³/mol. The largest absolute Gasteiger partial charge is 0.330 e. The number of rotatable bonds is 3. The summed E-state index contributed by atoms with van der Waals surface area (Å²) in [5.41, 5.74) is 7.84. The fraction of sp³-hybridized carbons (Fsp3) is 0.400. The van der Waals surface area contributed by atoms with Crippen molar-refractivity contribution in [2.45, 2.75) is 32.6 Å². The molecule has 0 aliphatic carbocycles. The van der Waals surface area contributed by atoms with Crippen molar-refractivity contribution in [3.63, 3.8) is 0 Å². The molecule has 2 aromatic rings. The van der Waals surface area contributed by atoms with E-state index in [4.69, 9.17) is 17.3 Å². The molecule has 2 rings (SSSR count). The highest BCUT2D eigenvalue weighted by Crippen LogP contribution is 2.23. The van der Waals surface area contributed by atoms with Crippen molar-refractivity contribution in [2.75, 3.05) is 6.54 Å². The molecule has 4 nitrogen and oxygen atoms in total. The third-order valence-electron chi connectivity index (χ3n) is 3.20. The number of benzene rings is 1. The second kappa shape index (κ2) is 5.46. The molecule has 0 fully saturated rings. The maximum atomic E-state index is 12.6. The Morgan fingerprint density at radius 1 is 1.35 bits per heavy atom. The zero-order chi connectivity index (χ0) is 14.9. The molecule has 0 aliphatic rings. The molecule has 5 heteroatoms. The molecule has 20 heavy (non-hydrogen) atoms. The highest BCUT2D eigenvalue weighted by atomic mass is 35.5. The third-order valence-corrected chi connectivity index (χ3v) is 3.43. The van der Waals surface area contributed by atoms with E-state index in [9.17, 15) is 4.79 Å². The number of nitrogens with two attached hydrogens (primary N) is 1. The van der Waals surface area contributed by atoms with Gasteiger partial charge in [-0.2, -0.15) is 0 Å². The number of H-pyrrole nitrogens is 1. The molecule has 1 heterocycles. The molecule has 0 atom stereocenters. The molecule has 0 saturated carbocycles. The van der Waals surface area contributed by atoms with Crippen LogP contribution in [0.25, 0.3) is 5.69 Å². The molecule has 0 radical (unpaired) electrons. The van der Waals surface area contributed by atoms with Crippen LogP contribution in [0.5, 0.6) is 0 Å². The van der Waals surface area contributed by atoms with E-state index in [-0.39, 0.29) is 11.0 Å². The van der Waals surface area contributed by atoms with Gasteiger partial charge in [0.15, 0.2) is 0 Å². The number of nitrogens with zero attached hydrogens (tertiary/aromatic N) is 1. The lowest BCUT2D eigenvalue weighted by molar-refractivity contribution is 0.554. The molecule has 0 spiro atoms. The molecule has 0 bridgehead atoms. The fourth-order valence-corrected chi connectivity index (χ4v) is 2.45. The van der Waals surface area contributed by atoms with Crippen LogP contribution in [0.4, 0.5) is 0 Å². The van der Waals surface area contributed by atoms with Crippen molar-refractivity contribution in [3.05, 3.63) is 50.9 Å². The summed E-state index contributed by atoms with van der Waals surface area (Å²) < 4.78 is 1.54. The van der Waals surface area contributed by atoms with Crippen molar-refractivity contribution < 1.29 is 0 Å². The summed E-state index contributed by atoms with van der Waals surface area (Å²) in [6.07, 6.45) is 0.565. The first-order valence-corrected chi connectivity index (χ1v) is 7.03. The van der Waals surface area contributed by atoms with Crippen LogP contribution < -0.4 is 11.3 Å². The lowest BCUT2D eigenvalue weighted by Gasteiger charge is -2.18. The quantitative estimate of drug-likeness (QED) is 0.914. The van der Waals surface area contributed by atoms with Gasteiger partial charge in [0.2, 0.25) is 0 Å². The molecular weight excluding hydrogens is 274 g/mol. The minimum absolute atomic E-state index is 0.0531. The van der Waals surface area contributed by atoms with Gasteiger partial charge in [-0.25, -0.2) is 4.68 Å². The highest BCUT2D eigenvalue weighted by molar-refractivity contribution is 6.30. The first kappa shape index (κ1) is 14.9. The van der Waals surface area contributed by atoms with Crippen LogP contribution in [0.3, 0.4) is 0 Å². The van der Waals surface area contributed by atoms with Gasteiger partial charge in [-0.1, -0.05) is 38.4 Å². The Morgan fingerprint density at radius 3 is 2.60 bits per heavy atom. The minimum Gasteiger partial charge on any atom is -0.330 e. The van der Waals surface area contributed by atoms with Gasteiger partial charge in [0, 0.05) is 21.7 Å². The molecule has 0 unspecified atom stereocenters. The molecule has 0 saturated heterocycles. The molecule has 1 aromatic carbocycles. The Hall–Kier alpha value is -1.52. The fourth-order valence-electron chi connectivity index (χ4n) is 2.27. The number of halogens is 1. The van der Waals surface area contributed by atoms with Crippen LogP contribution in [0.1, 0.15) is 32.0 Å². The van der Waals surface area contributed by atoms with Crippen LogP contribution in [0, 0.1) is 0 Å². The van der Waals surface area contributed by atoms with Gasteiger partial charge >= 0.3 is 0 Å². The highest BCUT2D eigenvalue weighted by Gasteiger charge is 2.24. The first-order valence-electron chi connectivity index (χ1n) is 6.65. The first-order chi connectivity index (χ1) is 9.34. The van der Waals surface area contributed by atoms with E-state index in [1.807, 2.05) is 12.1 Å². The monoisotopic (exact) mass is 293 g/mol. The van der Waals surface area contributed by atoms with Crippen molar-refractivity contribution in [2.24, 2.45) is 5.73 Å². The smallest absolute Gasteiger partial charge is 0.274 e. The van der Waals surface area contributed by atoms with E-state index in [0.29, 0.717) is 18.0 Å². The SMILES string of the molecule is CC(C)(C)c1[nH]n(-c2cccc(Cl)c2)c(=O)c1CCN. The van der Waals surface area contributed by atoms with E-state index in [1.54, 1.807) is 12.1 Å². The van der Waals surface area contributed by atoms with Gasteiger partial charge < -0.3 is 5.73 Å². The number of aromatic amines is 1. The standard InChI is InChI=1S/C15H20ClN3O/c1-15(2,3)13-12(7-8-17)14(20)19(18-13)11-6-4-5-10(16)9-11/h4-6,9,18H,7-8,17H2,1-3H3. The average molecular weight is 294 g/mol. The van der Waals surface area contributed by atoms with Crippen molar-refractivity contribution >= 4 is 11.6 Å². The average Bonchev–Trinajstić information content (AvgIpc) is 2.68. The van der Waals surface area contributed by atoms with Gasteiger partial charge in [0.25, 0.3) is 5.56 Å². The summed E-state index contributed by atoms with van der Waals surface area (Å²) in [5, 5.41) is 3.81. The second-order valence-corrected chi connectivity index (χ2v) is 6.31. The Labute approximate surface area is 123 Å². The summed E-state index contributed by atoms with van der Waals surface area (Å²) in [6.45, 7) is 6.66. The van der Waals surface area contributed by atoms with Crippen LogP contribution in [0.2, 0.25) is 5.02 Å². The zero-order valence-corrected chi connectivity index (χ0v) is 12.8. The maximum Gasteiger partial charge on any atom is 0.274 e. The number of nitrogens with one attached hydrogen (secondary N) is 1. The number of hydrogen-bond acceptors (Lipinski definition) is 2. The van der Waals surface area contributed by atoms with Crippen LogP contribution in [-0.2, 0) is 11.8 Å². The normalized spacial score (nSPS) is 11.8. The Morgan fingerprint density at radius 2 is 2.05 bits per heavy atom. The second-order valence-electron chi connectivity index (χ2n) is 5.87.